The maximum Gasteiger partial charge on any atom is 0.335 e. The average molecular weight is 342 g/mol. The smallest absolute Gasteiger partial charge is 0.335 e. The zero-order valence-electron chi connectivity index (χ0n) is 12.7. The summed E-state index contributed by atoms with van der Waals surface area (Å²) in [5.41, 5.74) is 1.16. The van der Waals surface area contributed by atoms with E-state index in [9.17, 15) is 13.6 Å². The minimum Gasteiger partial charge on any atom is -0.478 e. The van der Waals surface area contributed by atoms with Crippen molar-refractivity contribution in [3.63, 3.8) is 0 Å². The lowest BCUT2D eigenvalue weighted by Crippen LogP contribution is -2.03. The molecule has 1 heterocycles. The number of nitrogens with one attached hydrogen (secondary N) is 2. The third kappa shape index (κ3) is 4.05. The number of hydrogen-bond donors (Lipinski definition) is 3. The molecule has 3 rings (SSSR count). The van der Waals surface area contributed by atoms with E-state index in [1.54, 1.807) is 12.1 Å². The zero-order valence-corrected chi connectivity index (χ0v) is 12.7. The monoisotopic (exact) mass is 342 g/mol. The van der Waals surface area contributed by atoms with Gasteiger partial charge in [-0.15, -0.1) is 0 Å². The highest BCUT2D eigenvalue weighted by atomic mass is 19.1. The van der Waals surface area contributed by atoms with Crippen LogP contribution in [0.2, 0.25) is 0 Å². The maximum atomic E-state index is 13.9. The Kier molecular flexibility index (Phi) is 4.51. The zero-order chi connectivity index (χ0) is 17.8. The molecule has 0 spiro atoms. The van der Waals surface area contributed by atoms with Gasteiger partial charge in [0.25, 0.3) is 0 Å². The van der Waals surface area contributed by atoms with Crippen LogP contribution < -0.4 is 10.6 Å². The van der Waals surface area contributed by atoms with Gasteiger partial charge in [0.2, 0.25) is 5.95 Å². The second-order valence-corrected chi connectivity index (χ2v) is 5.03. The summed E-state index contributed by atoms with van der Waals surface area (Å²) in [6.07, 6.45) is 0.993. The molecule has 3 aromatic rings. The third-order valence-corrected chi connectivity index (χ3v) is 3.24. The predicted octanol–water partition coefficient (Wildman–Crippen LogP) is 3.94. The van der Waals surface area contributed by atoms with Crippen molar-refractivity contribution in [3.05, 3.63) is 71.9 Å². The van der Waals surface area contributed by atoms with Gasteiger partial charge in [-0.1, -0.05) is 0 Å². The van der Waals surface area contributed by atoms with Crippen molar-refractivity contribution in [1.29, 1.82) is 0 Å². The van der Waals surface area contributed by atoms with Crippen molar-refractivity contribution in [2.45, 2.75) is 0 Å². The van der Waals surface area contributed by atoms with Crippen molar-refractivity contribution in [3.8, 4) is 0 Å². The molecule has 0 aliphatic rings. The van der Waals surface area contributed by atoms with E-state index < -0.39 is 17.6 Å². The normalized spacial score (nSPS) is 10.3. The Hall–Kier alpha value is -3.55. The summed E-state index contributed by atoms with van der Waals surface area (Å²) in [6, 6.07) is 11.3. The van der Waals surface area contributed by atoms with Crippen LogP contribution in [0, 0.1) is 11.6 Å². The molecule has 3 N–H and O–H groups in total. The molecule has 0 saturated heterocycles. The standard InChI is InChI=1S/C17H12F2N4O2/c18-11-3-7-12(8-4-11)21-15-14(19)9-20-17(23-15)22-13-5-1-10(2-6-13)16(24)25/h1-9H,(H,24,25)(H2,20,21,22,23). The van der Waals surface area contributed by atoms with E-state index in [1.807, 2.05) is 0 Å². The molecule has 0 saturated carbocycles. The lowest BCUT2D eigenvalue weighted by molar-refractivity contribution is 0.0697. The number of rotatable bonds is 5. The van der Waals surface area contributed by atoms with Crippen LogP contribution in [0.5, 0.6) is 0 Å². The van der Waals surface area contributed by atoms with Gasteiger partial charge < -0.3 is 15.7 Å². The molecule has 25 heavy (non-hydrogen) atoms. The Morgan fingerprint density at radius 1 is 0.920 bits per heavy atom. The Labute approximate surface area is 141 Å². The number of hydrogen-bond acceptors (Lipinski definition) is 5. The highest BCUT2D eigenvalue weighted by Gasteiger charge is 2.08. The summed E-state index contributed by atoms with van der Waals surface area (Å²) < 4.78 is 26.8. The van der Waals surface area contributed by atoms with Gasteiger partial charge >= 0.3 is 5.97 Å². The summed E-state index contributed by atoms with van der Waals surface area (Å²) >= 11 is 0. The Balaban J connectivity index is 1.78. The SMILES string of the molecule is O=C(O)c1ccc(Nc2ncc(F)c(Nc3ccc(F)cc3)n2)cc1. The topological polar surface area (TPSA) is 87.1 Å². The average Bonchev–Trinajstić information content (AvgIpc) is 2.60. The van der Waals surface area contributed by atoms with Gasteiger partial charge in [0.1, 0.15) is 5.82 Å². The van der Waals surface area contributed by atoms with E-state index in [0.29, 0.717) is 11.4 Å². The number of carboxylic acids is 1. The predicted molar refractivity (Wildman–Crippen MR) is 88.4 cm³/mol. The van der Waals surface area contributed by atoms with Gasteiger partial charge in [-0.3, -0.25) is 0 Å². The third-order valence-electron chi connectivity index (χ3n) is 3.24. The highest BCUT2D eigenvalue weighted by molar-refractivity contribution is 5.88. The second kappa shape index (κ2) is 6.91. The molecule has 6 nitrogen and oxygen atoms in total. The van der Waals surface area contributed by atoms with E-state index in [1.165, 1.54) is 36.4 Å². The Bertz CT molecular complexity index is 900. The molecule has 126 valence electrons. The van der Waals surface area contributed by atoms with E-state index >= 15 is 0 Å². The van der Waals surface area contributed by atoms with Crippen molar-refractivity contribution >= 4 is 29.1 Å². The van der Waals surface area contributed by atoms with Crippen LogP contribution in [0.3, 0.4) is 0 Å². The lowest BCUT2D eigenvalue weighted by Gasteiger charge is -2.09. The first-order chi connectivity index (χ1) is 12.0. The molecule has 0 unspecified atom stereocenters. The molecule has 8 heteroatoms. The Morgan fingerprint density at radius 2 is 1.52 bits per heavy atom. The first-order valence-electron chi connectivity index (χ1n) is 7.17. The molecular weight excluding hydrogens is 330 g/mol. The number of carboxylic acid groups (broad SMARTS) is 1. The van der Waals surface area contributed by atoms with Crippen LogP contribution in [-0.4, -0.2) is 21.0 Å². The van der Waals surface area contributed by atoms with Crippen LogP contribution >= 0.6 is 0 Å². The van der Waals surface area contributed by atoms with Crippen molar-refractivity contribution in [2.24, 2.45) is 0 Å². The van der Waals surface area contributed by atoms with Crippen LogP contribution in [0.15, 0.2) is 54.7 Å². The number of nitrogens with zero attached hydrogens (tertiary/aromatic N) is 2. The first-order valence-corrected chi connectivity index (χ1v) is 7.17. The van der Waals surface area contributed by atoms with Gasteiger partial charge in [-0.2, -0.15) is 4.98 Å². The molecule has 0 bridgehead atoms. The van der Waals surface area contributed by atoms with E-state index in [4.69, 9.17) is 5.11 Å². The summed E-state index contributed by atoms with van der Waals surface area (Å²) in [5, 5.41) is 14.5. The lowest BCUT2D eigenvalue weighted by atomic mass is 10.2. The fourth-order valence-electron chi connectivity index (χ4n) is 2.01. The second-order valence-electron chi connectivity index (χ2n) is 5.03. The molecule has 1 aromatic heterocycles. The molecule has 0 radical (unpaired) electrons. The van der Waals surface area contributed by atoms with Crippen LogP contribution in [0.25, 0.3) is 0 Å². The molecule has 2 aromatic carbocycles. The van der Waals surface area contributed by atoms with E-state index in [2.05, 4.69) is 20.6 Å². The molecular formula is C17H12F2N4O2. The fourth-order valence-corrected chi connectivity index (χ4v) is 2.01. The molecule has 0 atom stereocenters. The van der Waals surface area contributed by atoms with Crippen molar-refractivity contribution in [1.82, 2.24) is 9.97 Å². The number of benzene rings is 2. The largest absolute Gasteiger partial charge is 0.478 e. The van der Waals surface area contributed by atoms with Crippen molar-refractivity contribution in [2.75, 3.05) is 10.6 Å². The number of carbonyl (C=O) groups is 1. The minimum absolute atomic E-state index is 0.0775. The fraction of sp³-hybridized carbons (Fsp3) is 0. The van der Waals surface area contributed by atoms with Crippen LogP contribution in [0.4, 0.5) is 31.9 Å². The van der Waals surface area contributed by atoms with Gasteiger partial charge in [0.05, 0.1) is 11.8 Å². The molecule has 0 amide bonds. The summed E-state index contributed by atoms with van der Waals surface area (Å²) in [4.78, 5) is 18.7. The Morgan fingerprint density at radius 3 is 2.16 bits per heavy atom. The van der Waals surface area contributed by atoms with Crippen LogP contribution in [0.1, 0.15) is 10.4 Å². The first kappa shape index (κ1) is 16.3. The highest BCUT2D eigenvalue weighted by Crippen LogP contribution is 2.21. The van der Waals surface area contributed by atoms with Crippen molar-refractivity contribution < 1.29 is 18.7 Å². The summed E-state index contributed by atoms with van der Waals surface area (Å²) in [6.45, 7) is 0. The van der Waals surface area contributed by atoms with Gasteiger partial charge in [-0.25, -0.2) is 18.6 Å². The number of aromatic carboxylic acids is 1. The van der Waals surface area contributed by atoms with Gasteiger partial charge in [0.15, 0.2) is 11.6 Å². The molecule has 0 aliphatic carbocycles. The maximum absolute atomic E-state index is 13.9. The van der Waals surface area contributed by atoms with Crippen LogP contribution in [-0.2, 0) is 0 Å². The summed E-state index contributed by atoms with van der Waals surface area (Å²) in [7, 11) is 0. The quantitative estimate of drug-likeness (QED) is 0.651. The molecule has 0 fully saturated rings. The van der Waals surface area contributed by atoms with Gasteiger partial charge in [-0.05, 0) is 48.5 Å². The number of halogens is 2. The minimum atomic E-state index is -1.03. The number of anilines is 4. The van der Waals surface area contributed by atoms with Gasteiger partial charge in [0, 0.05) is 11.4 Å². The van der Waals surface area contributed by atoms with E-state index in [0.717, 1.165) is 6.20 Å². The molecule has 0 aliphatic heterocycles. The number of aromatic nitrogens is 2. The summed E-state index contributed by atoms with van der Waals surface area (Å²) in [5.74, 6) is -2.06. The van der Waals surface area contributed by atoms with E-state index in [-0.39, 0.29) is 17.3 Å².